The van der Waals surface area contributed by atoms with Crippen LogP contribution in [0.5, 0.6) is 11.5 Å². The number of methoxy groups -OCH3 is 1. The zero-order chi connectivity index (χ0) is 15.8. The van der Waals surface area contributed by atoms with Crippen LogP contribution in [0.15, 0.2) is 18.2 Å². The minimum atomic E-state index is -0.861. The highest BCUT2D eigenvalue weighted by atomic mass is 16.5. The fourth-order valence-electron chi connectivity index (χ4n) is 1.93. The maximum atomic E-state index is 11.1. The minimum absolute atomic E-state index is 0.00319. The van der Waals surface area contributed by atoms with E-state index in [1.807, 2.05) is 19.9 Å². The van der Waals surface area contributed by atoms with Gasteiger partial charge in [0.25, 0.3) is 0 Å². The molecule has 0 aliphatic heterocycles. The van der Waals surface area contributed by atoms with Crippen LogP contribution in [0.2, 0.25) is 0 Å². The molecule has 0 radical (unpaired) electrons. The topological polar surface area (TPSA) is 88.0 Å². The van der Waals surface area contributed by atoms with E-state index in [4.69, 9.17) is 19.7 Å². The van der Waals surface area contributed by atoms with Gasteiger partial charge in [-0.25, -0.2) is 0 Å². The number of carboxylic acid groups (broad SMARTS) is 1. The van der Waals surface area contributed by atoms with Gasteiger partial charge in [0.2, 0.25) is 0 Å². The van der Waals surface area contributed by atoms with Crippen molar-refractivity contribution >= 4 is 5.97 Å². The number of aliphatic hydroxyl groups excluding tert-OH is 1. The lowest BCUT2D eigenvalue weighted by Crippen LogP contribution is -2.40. The monoisotopic (exact) mass is 297 g/mol. The van der Waals surface area contributed by atoms with Crippen LogP contribution in [0.3, 0.4) is 0 Å². The Morgan fingerprint density at radius 1 is 1.33 bits per heavy atom. The van der Waals surface area contributed by atoms with Crippen LogP contribution >= 0.6 is 0 Å². The van der Waals surface area contributed by atoms with Gasteiger partial charge >= 0.3 is 5.97 Å². The van der Waals surface area contributed by atoms with Crippen LogP contribution in [-0.4, -0.2) is 42.5 Å². The Bertz CT molecular complexity index is 461. The third-order valence-corrected chi connectivity index (χ3v) is 3.04. The molecule has 0 aromatic heterocycles. The molecule has 3 N–H and O–H groups in total. The lowest BCUT2D eigenvalue weighted by atomic mass is 10.0. The zero-order valence-corrected chi connectivity index (χ0v) is 12.6. The number of carboxylic acids is 1. The number of ether oxygens (including phenoxy) is 2. The summed E-state index contributed by atoms with van der Waals surface area (Å²) in [6.07, 6.45) is 0. The maximum Gasteiger partial charge on any atom is 0.320 e. The highest BCUT2D eigenvalue weighted by Gasteiger charge is 2.20. The minimum Gasteiger partial charge on any atom is -0.493 e. The van der Waals surface area contributed by atoms with Crippen LogP contribution in [-0.2, 0) is 11.3 Å². The van der Waals surface area contributed by atoms with Gasteiger partial charge in [-0.05, 0) is 23.6 Å². The van der Waals surface area contributed by atoms with Crippen molar-refractivity contribution in [2.75, 3.05) is 20.3 Å². The van der Waals surface area contributed by atoms with E-state index in [0.29, 0.717) is 18.0 Å². The van der Waals surface area contributed by atoms with Crippen molar-refractivity contribution in [3.8, 4) is 11.5 Å². The molecule has 1 rings (SSSR count). The molecule has 1 atom stereocenters. The highest BCUT2D eigenvalue weighted by Crippen LogP contribution is 2.28. The summed E-state index contributed by atoms with van der Waals surface area (Å²) in [4.78, 5) is 11.1. The molecular weight excluding hydrogens is 274 g/mol. The SMILES string of the molecule is COc1cc(CNC(C(=O)O)C(C)C)ccc1OCCO. The molecule has 0 fully saturated rings. The zero-order valence-electron chi connectivity index (χ0n) is 12.6. The number of hydrogen-bond acceptors (Lipinski definition) is 5. The second-order valence-electron chi connectivity index (χ2n) is 5.00. The largest absolute Gasteiger partial charge is 0.493 e. The summed E-state index contributed by atoms with van der Waals surface area (Å²) in [7, 11) is 1.53. The van der Waals surface area contributed by atoms with Crippen LogP contribution in [0.4, 0.5) is 0 Å². The van der Waals surface area contributed by atoms with Crippen LogP contribution < -0.4 is 14.8 Å². The number of rotatable bonds is 9. The molecule has 6 heteroatoms. The van der Waals surface area contributed by atoms with Crippen molar-refractivity contribution in [2.45, 2.75) is 26.4 Å². The Labute approximate surface area is 124 Å². The second-order valence-corrected chi connectivity index (χ2v) is 5.00. The first-order valence-electron chi connectivity index (χ1n) is 6.86. The van der Waals surface area contributed by atoms with E-state index in [2.05, 4.69) is 5.32 Å². The van der Waals surface area contributed by atoms with Crippen LogP contribution in [0.1, 0.15) is 19.4 Å². The number of carbonyl (C=O) groups is 1. The van der Waals surface area contributed by atoms with Gasteiger partial charge in [0, 0.05) is 6.54 Å². The molecule has 0 aliphatic rings. The van der Waals surface area contributed by atoms with E-state index in [-0.39, 0.29) is 19.1 Å². The molecule has 0 heterocycles. The molecular formula is C15H23NO5. The Balaban J connectivity index is 2.73. The lowest BCUT2D eigenvalue weighted by molar-refractivity contribution is -0.140. The molecule has 0 amide bonds. The summed E-state index contributed by atoms with van der Waals surface area (Å²) in [5.41, 5.74) is 0.898. The highest BCUT2D eigenvalue weighted by molar-refractivity contribution is 5.73. The first-order chi connectivity index (χ1) is 9.99. The first-order valence-corrected chi connectivity index (χ1v) is 6.86. The summed E-state index contributed by atoms with van der Waals surface area (Å²) in [5, 5.41) is 20.9. The molecule has 118 valence electrons. The average Bonchev–Trinajstić information content (AvgIpc) is 2.45. The summed E-state index contributed by atoms with van der Waals surface area (Å²) in [6, 6.07) is 4.78. The molecule has 0 saturated heterocycles. The molecule has 0 spiro atoms. The normalized spacial score (nSPS) is 12.2. The van der Waals surface area contributed by atoms with Crippen molar-refractivity contribution in [1.29, 1.82) is 0 Å². The molecule has 1 aromatic rings. The smallest absolute Gasteiger partial charge is 0.320 e. The molecule has 0 bridgehead atoms. The van der Waals surface area contributed by atoms with Gasteiger partial charge in [-0.2, -0.15) is 0 Å². The molecule has 1 unspecified atom stereocenters. The van der Waals surface area contributed by atoms with E-state index in [1.165, 1.54) is 7.11 Å². The predicted octanol–water partition coefficient (Wildman–Crippen LogP) is 1.27. The quantitative estimate of drug-likeness (QED) is 0.636. The summed E-state index contributed by atoms with van der Waals surface area (Å²) in [6.45, 7) is 4.27. The Morgan fingerprint density at radius 2 is 2.05 bits per heavy atom. The molecule has 21 heavy (non-hydrogen) atoms. The number of nitrogens with one attached hydrogen (secondary N) is 1. The number of hydrogen-bond donors (Lipinski definition) is 3. The van der Waals surface area contributed by atoms with Gasteiger partial charge in [0.1, 0.15) is 12.6 Å². The molecule has 0 aliphatic carbocycles. The summed E-state index contributed by atoms with van der Waals surface area (Å²) < 4.78 is 10.6. The summed E-state index contributed by atoms with van der Waals surface area (Å²) in [5.74, 6) is 0.240. The fraction of sp³-hybridized carbons (Fsp3) is 0.533. The number of aliphatic hydroxyl groups is 1. The Morgan fingerprint density at radius 3 is 2.57 bits per heavy atom. The van der Waals surface area contributed by atoms with Gasteiger partial charge < -0.3 is 25.0 Å². The van der Waals surface area contributed by atoms with E-state index >= 15 is 0 Å². The Hall–Kier alpha value is -1.79. The van der Waals surface area contributed by atoms with Gasteiger partial charge in [-0.1, -0.05) is 19.9 Å². The van der Waals surface area contributed by atoms with Crippen molar-refractivity contribution in [3.05, 3.63) is 23.8 Å². The van der Waals surface area contributed by atoms with E-state index in [9.17, 15) is 4.79 Å². The van der Waals surface area contributed by atoms with Crippen molar-refractivity contribution in [1.82, 2.24) is 5.32 Å². The van der Waals surface area contributed by atoms with Gasteiger partial charge in [-0.3, -0.25) is 4.79 Å². The van der Waals surface area contributed by atoms with Crippen molar-refractivity contribution < 1.29 is 24.5 Å². The van der Waals surface area contributed by atoms with Crippen molar-refractivity contribution in [3.63, 3.8) is 0 Å². The second kappa shape index (κ2) is 8.49. The lowest BCUT2D eigenvalue weighted by Gasteiger charge is -2.18. The van der Waals surface area contributed by atoms with E-state index < -0.39 is 12.0 Å². The summed E-state index contributed by atoms with van der Waals surface area (Å²) >= 11 is 0. The number of benzene rings is 1. The Kier molecular flexibility index (Phi) is 6.98. The van der Waals surface area contributed by atoms with Crippen molar-refractivity contribution in [2.24, 2.45) is 5.92 Å². The van der Waals surface area contributed by atoms with Gasteiger partial charge in [-0.15, -0.1) is 0 Å². The molecule has 0 saturated carbocycles. The molecule has 1 aromatic carbocycles. The third kappa shape index (κ3) is 5.24. The van der Waals surface area contributed by atoms with E-state index in [0.717, 1.165) is 5.56 Å². The fourth-order valence-corrected chi connectivity index (χ4v) is 1.93. The predicted molar refractivity (Wildman–Crippen MR) is 78.7 cm³/mol. The van der Waals surface area contributed by atoms with E-state index in [1.54, 1.807) is 12.1 Å². The standard InChI is InChI=1S/C15H23NO5/c1-10(2)14(15(18)19)16-9-11-4-5-12(21-7-6-17)13(8-11)20-3/h4-5,8,10,14,16-17H,6-7,9H2,1-3H3,(H,18,19). The third-order valence-electron chi connectivity index (χ3n) is 3.04. The van der Waals surface area contributed by atoms with Crippen LogP contribution in [0.25, 0.3) is 0 Å². The molecule has 6 nitrogen and oxygen atoms in total. The maximum absolute atomic E-state index is 11.1. The van der Waals surface area contributed by atoms with Crippen LogP contribution in [0, 0.1) is 5.92 Å². The first kappa shape index (κ1) is 17.3. The van der Waals surface area contributed by atoms with Gasteiger partial charge in [0.15, 0.2) is 11.5 Å². The number of aliphatic carboxylic acids is 1. The van der Waals surface area contributed by atoms with Gasteiger partial charge in [0.05, 0.1) is 13.7 Å². The average molecular weight is 297 g/mol.